The van der Waals surface area contributed by atoms with Crippen molar-refractivity contribution in [3.8, 4) is 0 Å². The van der Waals surface area contributed by atoms with Gasteiger partial charge in [-0.2, -0.15) is 0 Å². The van der Waals surface area contributed by atoms with Gasteiger partial charge in [0.25, 0.3) is 5.91 Å². The summed E-state index contributed by atoms with van der Waals surface area (Å²) in [6.45, 7) is 0.551. The molecule has 9 heteroatoms. The first-order valence-electron chi connectivity index (χ1n) is 11.2. The fourth-order valence-corrected chi connectivity index (χ4v) is 5.96. The van der Waals surface area contributed by atoms with Crippen molar-refractivity contribution in [3.05, 3.63) is 12.2 Å². The van der Waals surface area contributed by atoms with Gasteiger partial charge in [-0.05, 0) is 51.4 Å². The lowest BCUT2D eigenvalue weighted by Crippen LogP contribution is -2.56. The number of amides is 3. The average Bonchev–Trinajstić information content (AvgIpc) is 3.60. The third-order valence-electron chi connectivity index (χ3n) is 6.72. The molecule has 166 valence electrons. The van der Waals surface area contributed by atoms with Crippen molar-refractivity contribution in [1.29, 1.82) is 0 Å². The first-order chi connectivity index (χ1) is 14.3. The molecule has 2 aliphatic heterocycles. The van der Waals surface area contributed by atoms with Crippen LogP contribution in [-0.2, 0) is 24.4 Å². The Labute approximate surface area is 177 Å². The molecule has 3 amide bonds. The lowest BCUT2D eigenvalue weighted by atomic mass is 10.1. The number of hydrogen-bond donors (Lipinski definition) is 2. The van der Waals surface area contributed by atoms with Crippen LogP contribution in [0.4, 0.5) is 0 Å². The van der Waals surface area contributed by atoms with Crippen LogP contribution in [0, 0.1) is 5.92 Å². The molecule has 2 N–H and O–H groups in total. The predicted octanol–water partition coefficient (Wildman–Crippen LogP) is 1.37. The first-order valence-corrected chi connectivity index (χ1v) is 12.7. The SMILES string of the molecule is O=C1N[C@]2(C(=O)NS(=O)(=O)C3CC3)C[C@H]2/C=C\CCCCCCC(=O)N2CCC[C@@H]12. The molecule has 0 bridgehead atoms. The monoisotopic (exact) mass is 437 g/mol. The standard InChI is InChI=1S/C21H31N3O5S/c25-18-10-6-4-2-1-3-5-8-15-14-21(15,20(27)23-30(28,29)16-11-12-16)22-19(26)17-9-7-13-24(17)18/h5,8,15-17H,1-4,6-7,9-14H2,(H,22,26)(H,23,27)/b8-5-/t15-,17+,21-/m1/s1. The number of carbonyl (C=O) groups is 3. The Morgan fingerprint density at radius 1 is 1.10 bits per heavy atom. The third-order valence-corrected chi connectivity index (χ3v) is 8.54. The Morgan fingerprint density at radius 3 is 2.63 bits per heavy atom. The van der Waals surface area contributed by atoms with E-state index in [2.05, 4.69) is 10.0 Å². The molecule has 30 heavy (non-hydrogen) atoms. The minimum atomic E-state index is -3.70. The van der Waals surface area contributed by atoms with Gasteiger partial charge in [0.05, 0.1) is 5.25 Å². The Morgan fingerprint density at radius 2 is 1.87 bits per heavy atom. The normalized spacial score (nSPS) is 34.1. The summed E-state index contributed by atoms with van der Waals surface area (Å²) in [6, 6.07) is -0.586. The number of carbonyl (C=O) groups excluding carboxylic acids is 3. The van der Waals surface area contributed by atoms with E-state index in [0.717, 1.165) is 38.5 Å². The minimum Gasteiger partial charge on any atom is -0.339 e. The number of sulfonamides is 1. The summed E-state index contributed by atoms with van der Waals surface area (Å²) in [6.07, 6.45) is 11.9. The van der Waals surface area contributed by atoms with Crippen molar-refractivity contribution in [2.24, 2.45) is 5.92 Å². The molecule has 4 aliphatic rings. The molecule has 0 spiro atoms. The maximum absolute atomic E-state index is 13.1. The van der Waals surface area contributed by atoms with Crippen molar-refractivity contribution in [2.45, 2.75) is 87.5 Å². The van der Waals surface area contributed by atoms with Gasteiger partial charge in [-0.1, -0.05) is 25.0 Å². The van der Waals surface area contributed by atoms with Gasteiger partial charge in [0.15, 0.2) is 0 Å². The molecule has 2 saturated carbocycles. The number of allylic oxidation sites excluding steroid dienone is 1. The van der Waals surface area contributed by atoms with Crippen LogP contribution in [0.25, 0.3) is 0 Å². The minimum absolute atomic E-state index is 0.0113. The Balaban J connectivity index is 1.54. The second-order valence-electron chi connectivity index (χ2n) is 9.07. The molecular formula is C21H31N3O5S. The largest absolute Gasteiger partial charge is 0.339 e. The number of nitrogens with zero attached hydrogens (tertiary/aromatic N) is 1. The van der Waals surface area contributed by atoms with E-state index in [9.17, 15) is 22.8 Å². The van der Waals surface area contributed by atoms with Gasteiger partial charge in [0, 0.05) is 18.9 Å². The molecule has 8 nitrogen and oxygen atoms in total. The molecular weight excluding hydrogens is 406 g/mol. The molecule has 0 radical (unpaired) electrons. The topological polar surface area (TPSA) is 113 Å². The summed E-state index contributed by atoms with van der Waals surface area (Å²) in [7, 11) is -3.70. The maximum atomic E-state index is 13.1. The van der Waals surface area contributed by atoms with Crippen LogP contribution >= 0.6 is 0 Å². The van der Waals surface area contributed by atoms with Crippen LogP contribution in [0.5, 0.6) is 0 Å². The van der Waals surface area contributed by atoms with Crippen molar-refractivity contribution >= 4 is 27.7 Å². The van der Waals surface area contributed by atoms with Gasteiger partial charge in [-0.3, -0.25) is 19.1 Å². The lowest BCUT2D eigenvalue weighted by Gasteiger charge is -2.27. The highest BCUT2D eigenvalue weighted by Gasteiger charge is 2.61. The number of hydrogen-bond acceptors (Lipinski definition) is 5. The van der Waals surface area contributed by atoms with E-state index < -0.39 is 32.8 Å². The zero-order chi connectivity index (χ0) is 21.4. The number of rotatable bonds is 3. The zero-order valence-electron chi connectivity index (χ0n) is 17.3. The molecule has 0 aromatic heterocycles. The van der Waals surface area contributed by atoms with Gasteiger partial charge in [0.1, 0.15) is 11.6 Å². The van der Waals surface area contributed by atoms with Crippen LogP contribution in [0.1, 0.15) is 70.6 Å². The average molecular weight is 438 g/mol. The predicted molar refractivity (Wildman–Crippen MR) is 111 cm³/mol. The van der Waals surface area contributed by atoms with E-state index in [1.54, 1.807) is 4.90 Å². The molecule has 1 saturated heterocycles. The van der Waals surface area contributed by atoms with E-state index in [-0.39, 0.29) is 17.7 Å². The van der Waals surface area contributed by atoms with Crippen LogP contribution < -0.4 is 10.0 Å². The van der Waals surface area contributed by atoms with Gasteiger partial charge in [-0.15, -0.1) is 0 Å². The van der Waals surface area contributed by atoms with Crippen molar-refractivity contribution < 1.29 is 22.8 Å². The number of fused-ring (bicyclic) bond motifs is 2. The van der Waals surface area contributed by atoms with E-state index in [1.165, 1.54) is 0 Å². The highest BCUT2D eigenvalue weighted by atomic mass is 32.2. The fraction of sp³-hybridized carbons (Fsp3) is 0.762. The van der Waals surface area contributed by atoms with Crippen LogP contribution in [0.15, 0.2) is 12.2 Å². The smallest absolute Gasteiger partial charge is 0.259 e. The Bertz CT molecular complexity index is 851. The van der Waals surface area contributed by atoms with Gasteiger partial charge in [-0.25, -0.2) is 8.42 Å². The van der Waals surface area contributed by atoms with Crippen molar-refractivity contribution in [2.75, 3.05) is 6.54 Å². The summed E-state index contributed by atoms with van der Waals surface area (Å²) < 4.78 is 26.8. The van der Waals surface area contributed by atoms with E-state index in [1.807, 2.05) is 12.2 Å². The summed E-state index contributed by atoms with van der Waals surface area (Å²) >= 11 is 0. The second kappa shape index (κ2) is 8.32. The third kappa shape index (κ3) is 4.40. The lowest BCUT2D eigenvalue weighted by molar-refractivity contribution is -0.139. The summed E-state index contributed by atoms with van der Waals surface area (Å²) in [5, 5.41) is 2.34. The number of nitrogens with one attached hydrogen (secondary N) is 2. The van der Waals surface area contributed by atoms with Gasteiger partial charge >= 0.3 is 0 Å². The molecule has 0 unspecified atom stereocenters. The van der Waals surface area contributed by atoms with Gasteiger partial charge < -0.3 is 10.2 Å². The molecule has 2 aliphatic carbocycles. The Hall–Kier alpha value is -1.90. The van der Waals surface area contributed by atoms with Crippen LogP contribution in [-0.4, -0.2) is 54.4 Å². The molecule has 0 aromatic carbocycles. The van der Waals surface area contributed by atoms with E-state index in [0.29, 0.717) is 38.6 Å². The van der Waals surface area contributed by atoms with Crippen LogP contribution in [0.2, 0.25) is 0 Å². The van der Waals surface area contributed by atoms with Crippen LogP contribution in [0.3, 0.4) is 0 Å². The summed E-state index contributed by atoms with van der Waals surface area (Å²) in [5.74, 6) is -1.25. The first kappa shape index (κ1) is 21.3. The van der Waals surface area contributed by atoms with Crippen molar-refractivity contribution in [3.63, 3.8) is 0 Å². The fourth-order valence-electron chi connectivity index (χ4n) is 4.60. The van der Waals surface area contributed by atoms with Crippen molar-refractivity contribution in [1.82, 2.24) is 14.9 Å². The molecule has 2 heterocycles. The van der Waals surface area contributed by atoms with Gasteiger partial charge in [0.2, 0.25) is 21.8 Å². The quantitative estimate of drug-likeness (QED) is 0.648. The summed E-state index contributed by atoms with van der Waals surface area (Å²) in [4.78, 5) is 40.3. The highest BCUT2D eigenvalue weighted by molar-refractivity contribution is 7.91. The Kier molecular flexibility index (Phi) is 5.92. The molecule has 3 atom stereocenters. The zero-order valence-corrected chi connectivity index (χ0v) is 18.1. The second-order valence-corrected chi connectivity index (χ2v) is 11.0. The molecule has 4 rings (SSSR count). The van der Waals surface area contributed by atoms with E-state index >= 15 is 0 Å². The highest BCUT2D eigenvalue weighted by Crippen LogP contribution is 2.46. The molecule has 3 fully saturated rings. The van der Waals surface area contributed by atoms with E-state index in [4.69, 9.17) is 0 Å². The summed E-state index contributed by atoms with van der Waals surface area (Å²) in [5.41, 5.74) is -1.24. The maximum Gasteiger partial charge on any atom is 0.259 e. The molecule has 0 aromatic rings.